The molecule has 2 aliphatic carbocycles. The molecule has 0 aliphatic heterocycles. The van der Waals surface area contributed by atoms with Gasteiger partial charge in [0.05, 0.1) is 5.69 Å². The Hall–Kier alpha value is -2.10. The van der Waals surface area contributed by atoms with Crippen LogP contribution < -0.4 is 10.6 Å². The number of aryl methyl sites for hydroxylation is 2. The Morgan fingerprint density at radius 2 is 1.85 bits per heavy atom. The molecule has 4 heteroatoms. The molecule has 26 heavy (non-hydrogen) atoms. The van der Waals surface area contributed by atoms with Gasteiger partial charge in [-0.3, -0.25) is 0 Å². The summed E-state index contributed by atoms with van der Waals surface area (Å²) in [6.07, 6.45) is 9.98. The summed E-state index contributed by atoms with van der Waals surface area (Å²) in [4.78, 5) is 9.65. The molecule has 2 aromatic rings. The monoisotopic (exact) mass is 350 g/mol. The minimum absolute atomic E-state index is 0.524. The lowest BCUT2D eigenvalue weighted by molar-refractivity contribution is 0.460. The number of para-hydroxylation sites is 1. The summed E-state index contributed by atoms with van der Waals surface area (Å²) < 4.78 is 0. The predicted octanol–water partition coefficient (Wildman–Crippen LogP) is 5.71. The minimum atomic E-state index is 0.524. The number of hydrogen-bond donors (Lipinski definition) is 2. The molecule has 0 atom stereocenters. The van der Waals surface area contributed by atoms with E-state index in [4.69, 9.17) is 9.97 Å². The van der Waals surface area contributed by atoms with Gasteiger partial charge >= 0.3 is 0 Å². The molecule has 2 fully saturated rings. The molecule has 2 N–H and O–H groups in total. The molecular weight excluding hydrogens is 320 g/mol. The maximum Gasteiger partial charge on any atom is 0.225 e. The first-order chi connectivity index (χ1) is 12.7. The van der Waals surface area contributed by atoms with E-state index in [9.17, 15) is 0 Å². The van der Waals surface area contributed by atoms with E-state index in [1.54, 1.807) is 0 Å². The zero-order valence-electron chi connectivity index (χ0n) is 16.0. The molecule has 1 aromatic carbocycles. The number of nitrogens with zero attached hydrogens (tertiary/aromatic N) is 2. The van der Waals surface area contributed by atoms with Crippen LogP contribution in [0, 0.1) is 6.92 Å². The Labute approximate surface area is 156 Å². The van der Waals surface area contributed by atoms with Crippen molar-refractivity contribution in [3.05, 3.63) is 41.1 Å². The first-order valence-corrected chi connectivity index (χ1v) is 10.2. The van der Waals surface area contributed by atoms with Gasteiger partial charge in [0, 0.05) is 23.7 Å². The van der Waals surface area contributed by atoms with Gasteiger partial charge in [-0.1, -0.05) is 44.4 Å². The quantitative estimate of drug-likeness (QED) is 0.700. The van der Waals surface area contributed by atoms with Crippen LogP contribution in [0.1, 0.15) is 74.6 Å². The Morgan fingerprint density at radius 1 is 1.04 bits per heavy atom. The van der Waals surface area contributed by atoms with Crippen LogP contribution in [0.4, 0.5) is 17.5 Å². The average molecular weight is 351 g/mol. The Morgan fingerprint density at radius 3 is 2.58 bits per heavy atom. The second kappa shape index (κ2) is 7.65. The van der Waals surface area contributed by atoms with Gasteiger partial charge in [0.2, 0.25) is 5.95 Å². The highest BCUT2D eigenvalue weighted by atomic mass is 15.2. The molecule has 0 saturated heterocycles. The van der Waals surface area contributed by atoms with Gasteiger partial charge in [-0.05, 0) is 50.2 Å². The number of aromatic nitrogens is 2. The normalized spacial score (nSPS) is 17.9. The summed E-state index contributed by atoms with van der Waals surface area (Å²) in [6, 6.07) is 9.15. The van der Waals surface area contributed by atoms with Gasteiger partial charge in [0.15, 0.2) is 0 Å². The predicted molar refractivity (Wildman–Crippen MR) is 108 cm³/mol. The SMILES string of the molecule is CCc1cccc(C)c1Nc1cc(C2CC2)nc(NC2CCCCC2)n1. The number of nitrogens with one attached hydrogen (secondary N) is 2. The van der Waals surface area contributed by atoms with Crippen LogP contribution >= 0.6 is 0 Å². The zero-order valence-corrected chi connectivity index (χ0v) is 16.0. The molecule has 1 aromatic heterocycles. The number of rotatable bonds is 6. The van der Waals surface area contributed by atoms with E-state index in [1.807, 2.05) is 0 Å². The standard InChI is InChI=1S/C22H30N4/c1-3-16-9-7-8-15(2)21(16)25-20-14-19(17-12-13-17)24-22(26-20)23-18-10-5-4-6-11-18/h7-9,14,17-18H,3-6,10-13H2,1-2H3,(H2,23,24,25,26). The molecule has 4 rings (SSSR count). The van der Waals surface area contributed by atoms with Crippen LogP contribution in [0.25, 0.3) is 0 Å². The summed E-state index contributed by atoms with van der Waals surface area (Å²) in [5.41, 5.74) is 4.97. The average Bonchev–Trinajstić information content (AvgIpc) is 3.49. The van der Waals surface area contributed by atoms with Crippen LogP contribution in [-0.4, -0.2) is 16.0 Å². The van der Waals surface area contributed by atoms with Crippen LogP contribution in [0.2, 0.25) is 0 Å². The summed E-state index contributed by atoms with van der Waals surface area (Å²) >= 11 is 0. The molecule has 1 heterocycles. The smallest absolute Gasteiger partial charge is 0.225 e. The molecule has 138 valence electrons. The molecule has 0 spiro atoms. The van der Waals surface area contributed by atoms with Gasteiger partial charge in [0.25, 0.3) is 0 Å². The van der Waals surface area contributed by atoms with Crippen LogP contribution in [0.15, 0.2) is 24.3 Å². The van der Waals surface area contributed by atoms with Gasteiger partial charge in [-0.15, -0.1) is 0 Å². The van der Waals surface area contributed by atoms with Gasteiger partial charge in [0.1, 0.15) is 5.82 Å². The number of benzene rings is 1. The minimum Gasteiger partial charge on any atom is -0.351 e. The lowest BCUT2D eigenvalue weighted by atomic mass is 9.96. The highest BCUT2D eigenvalue weighted by Gasteiger charge is 2.27. The van der Waals surface area contributed by atoms with Crippen molar-refractivity contribution in [1.29, 1.82) is 0 Å². The molecule has 2 aliphatic rings. The maximum atomic E-state index is 4.83. The topological polar surface area (TPSA) is 49.8 Å². The Kier molecular flexibility index (Phi) is 5.09. The fraction of sp³-hybridized carbons (Fsp3) is 0.545. The van der Waals surface area contributed by atoms with Crippen LogP contribution in [0.5, 0.6) is 0 Å². The molecule has 2 saturated carbocycles. The zero-order chi connectivity index (χ0) is 17.9. The van der Waals surface area contributed by atoms with Crippen molar-refractivity contribution in [2.45, 2.75) is 77.2 Å². The molecular formula is C22H30N4. The molecule has 0 radical (unpaired) electrons. The van der Waals surface area contributed by atoms with Gasteiger partial charge in [-0.25, -0.2) is 4.98 Å². The summed E-state index contributed by atoms with van der Waals surface area (Å²) in [5.74, 6) is 2.34. The maximum absolute atomic E-state index is 4.83. The lowest BCUT2D eigenvalue weighted by Gasteiger charge is -2.23. The summed E-state index contributed by atoms with van der Waals surface area (Å²) in [7, 11) is 0. The Bertz CT molecular complexity index is 761. The van der Waals surface area contributed by atoms with E-state index in [0.717, 1.165) is 18.2 Å². The molecule has 0 bridgehead atoms. The first kappa shape index (κ1) is 17.3. The Balaban J connectivity index is 1.61. The fourth-order valence-electron chi connectivity index (χ4n) is 3.94. The number of anilines is 3. The lowest BCUT2D eigenvalue weighted by Crippen LogP contribution is -2.24. The summed E-state index contributed by atoms with van der Waals surface area (Å²) in [6.45, 7) is 4.36. The fourth-order valence-corrected chi connectivity index (χ4v) is 3.94. The second-order valence-corrected chi connectivity index (χ2v) is 7.84. The molecule has 4 nitrogen and oxygen atoms in total. The molecule has 0 amide bonds. The third-order valence-electron chi connectivity index (χ3n) is 5.67. The van der Waals surface area contributed by atoms with Crippen molar-refractivity contribution in [1.82, 2.24) is 9.97 Å². The largest absolute Gasteiger partial charge is 0.351 e. The van der Waals surface area contributed by atoms with Crippen LogP contribution in [0.3, 0.4) is 0 Å². The molecule has 0 unspecified atom stereocenters. The van der Waals surface area contributed by atoms with Crippen molar-refractivity contribution in [2.24, 2.45) is 0 Å². The number of hydrogen-bond acceptors (Lipinski definition) is 4. The second-order valence-electron chi connectivity index (χ2n) is 7.84. The van der Waals surface area contributed by atoms with Crippen molar-refractivity contribution >= 4 is 17.5 Å². The van der Waals surface area contributed by atoms with Crippen LogP contribution in [-0.2, 0) is 6.42 Å². The van der Waals surface area contributed by atoms with Crippen molar-refractivity contribution < 1.29 is 0 Å². The highest BCUT2D eigenvalue weighted by Crippen LogP contribution is 2.40. The third-order valence-corrected chi connectivity index (χ3v) is 5.67. The van der Waals surface area contributed by atoms with Gasteiger partial charge in [-0.2, -0.15) is 4.98 Å². The van der Waals surface area contributed by atoms with E-state index < -0.39 is 0 Å². The van der Waals surface area contributed by atoms with Gasteiger partial charge < -0.3 is 10.6 Å². The summed E-state index contributed by atoms with van der Waals surface area (Å²) in [5, 5.41) is 7.21. The highest BCUT2D eigenvalue weighted by molar-refractivity contribution is 5.65. The van der Waals surface area contributed by atoms with Crippen molar-refractivity contribution in [2.75, 3.05) is 10.6 Å². The van der Waals surface area contributed by atoms with E-state index in [1.165, 1.54) is 67.5 Å². The third kappa shape index (κ3) is 4.00. The van der Waals surface area contributed by atoms with E-state index >= 15 is 0 Å². The van der Waals surface area contributed by atoms with E-state index in [2.05, 4.69) is 48.7 Å². The van der Waals surface area contributed by atoms with E-state index in [-0.39, 0.29) is 0 Å². The van der Waals surface area contributed by atoms with E-state index in [0.29, 0.717) is 12.0 Å². The van der Waals surface area contributed by atoms with Crippen molar-refractivity contribution in [3.8, 4) is 0 Å². The first-order valence-electron chi connectivity index (χ1n) is 10.2. The van der Waals surface area contributed by atoms with Crippen molar-refractivity contribution in [3.63, 3.8) is 0 Å².